The first-order valence-corrected chi connectivity index (χ1v) is 20.9. The van der Waals surface area contributed by atoms with E-state index in [9.17, 15) is 0 Å². The second kappa shape index (κ2) is 13.5. The van der Waals surface area contributed by atoms with E-state index >= 15 is 0 Å². The van der Waals surface area contributed by atoms with Gasteiger partial charge in [-0.1, -0.05) is 146 Å². The fraction of sp³-hybridized carbons (Fsp3) is 0. The van der Waals surface area contributed by atoms with Crippen LogP contribution in [0.4, 0.5) is 0 Å². The summed E-state index contributed by atoms with van der Waals surface area (Å²) >= 11 is 0. The fourth-order valence-electron chi connectivity index (χ4n) is 9.76. The number of nitrogens with zero attached hydrogens (tertiary/aromatic N) is 5. The van der Waals surface area contributed by atoms with Gasteiger partial charge in [0.2, 0.25) is 0 Å². The van der Waals surface area contributed by atoms with Gasteiger partial charge in [-0.15, -0.1) is 10.2 Å². The van der Waals surface area contributed by atoms with E-state index in [0.29, 0.717) is 0 Å². The van der Waals surface area contributed by atoms with Crippen molar-refractivity contribution in [2.24, 2.45) is 0 Å². The van der Waals surface area contributed by atoms with Crippen LogP contribution in [0.25, 0.3) is 117 Å². The Labute approximate surface area is 355 Å². The molecule has 0 spiro atoms. The van der Waals surface area contributed by atoms with Gasteiger partial charge in [0.05, 0.1) is 33.1 Å². The number of para-hydroxylation sites is 6. The fourth-order valence-corrected chi connectivity index (χ4v) is 9.76. The van der Waals surface area contributed by atoms with Crippen LogP contribution >= 0.6 is 0 Å². The molecule has 62 heavy (non-hydrogen) atoms. The Morgan fingerprint density at radius 1 is 0.339 bits per heavy atom. The highest BCUT2D eigenvalue weighted by Gasteiger charge is 2.25. The minimum Gasteiger partial charge on any atom is -0.456 e. The maximum atomic E-state index is 6.44. The molecular weight excluding hydrogens is 759 g/mol. The molecule has 13 aromatic rings. The minimum absolute atomic E-state index is 0.772. The minimum atomic E-state index is 0.772. The summed E-state index contributed by atoms with van der Waals surface area (Å²) in [6.45, 7) is 0. The van der Waals surface area contributed by atoms with Gasteiger partial charge in [-0.3, -0.25) is 4.57 Å². The van der Waals surface area contributed by atoms with E-state index in [0.717, 1.165) is 100 Å². The Kier molecular flexibility index (Phi) is 7.50. The number of aromatic nitrogens is 5. The molecule has 4 aromatic heterocycles. The van der Waals surface area contributed by atoms with E-state index in [1.54, 1.807) is 0 Å². The normalized spacial score (nSPS) is 11.9. The van der Waals surface area contributed by atoms with E-state index < -0.39 is 0 Å². The number of fused-ring (bicyclic) bond motifs is 10. The highest BCUT2D eigenvalue weighted by Crippen LogP contribution is 2.44. The number of rotatable bonds is 6. The van der Waals surface area contributed by atoms with Gasteiger partial charge in [0.15, 0.2) is 11.6 Å². The van der Waals surface area contributed by atoms with Crippen LogP contribution in [0.15, 0.2) is 217 Å². The van der Waals surface area contributed by atoms with Gasteiger partial charge < -0.3 is 13.6 Å². The molecule has 0 unspecified atom stereocenters. The van der Waals surface area contributed by atoms with Gasteiger partial charge >= 0.3 is 0 Å². The molecular formula is C56H35N5O. The van der Waals surface area contributed by atoms with Gasteiger partial charge in [-0.2, -0.15) is 0 Å². The Morgan fingerprint density at radius 3 is 1.74 bits per heavy atom. The van der Waals surface area contributed by atoms with Crippen LogP contribution in [0.1, 0.15) is 0 Å². The molecule has 0 radical (unpaired) electrons. The third-order valence-corrected chi connectivity index (χ3v) is 12.4. The van der Waals surface area contributed by atoms with Gasteiger partial charge in [0.25, 0.3) is 0 Å². The summed E-state index contributed by atoms with van der Waals surface area (Å²) < 4.78 is 13.5. The summed E-state index contributed by atoms with van der Waals surface area (Å²) in [5.74, 6) is 1.56. The van der Waals surface area contributed by atoms with Crippen molar-refractivity contribution in [3.63, 3.8) is 0 Å². The second-order valence-corrected chi connectivity index (χ2v) is 15.8. The van der Waals surface area contributed by atoms with Crippen molar-refractivity contribution in [2.45, 2.75) is 0 Å². The number of hydrogen-bond donors (Lipinski definition) is 0. The summed E-state index contributed by atoms with van der Waals surface area (Å²) in [5.41, 5.74) is 13.6. The topological polar surface area (TPSA) is 53.7 Å². The van der Waals surface area contributed by atoms with Crippen LogP contribution in [0.2, 0.25) is 0 Å². The van der Waals surface area contributed by atoms with Crippen molar-refractivity contribution >= 4 is 65.6 Å². The summed E-state index contributed by atoms with van der Waals surface area (Å²) in [6, 6.07) is 75.1. The van der Waals surface area contributed by atoms with Crippen LogP contribution in [-0.2, 0) is 0 Å². The largest absolute Gasteiger partial charge is 0.456 e. The molecule has 0 bridgehead atoms. The maximum Gasteiger partial charge on any atom is 0.171 e. The lowest BCUT2D eigenvalue weighted by atomic mass is 10.0. The quantitative estimate of drug-likeness (QED) is 0.168. The van der Waals surface area contributed by atoms with Crippen LogP contribution in [0.3, 0.4) is 0 Å². The molecule has 290 valence electrons. The van der Waals surface area contributed by atoms with E-state index in [-0.39, 0.29) is 0 Å². The maximum absolute atomic E-state index is 6.44. The molecule has 0 fully saturated rings. The van der Waals surface area contributed by atoms with Crippen molar-refractivity contribution in [2.75, 3.05) is 0 Å². The number of furan rings is 1. The highest BCUT2D eigenvalue weighted by molar-refractivity contribution is 6.24. The molecule has 0 N–H and O–H groups in total. The zero-order chi connectivity index (χ0) is 40.7. The van der Waals surface area contributed by atoms with Gasteiger partial charge in [0.1, 0.15) is 11.2 Å². The van der Waals surface area contributed by atoms with E-state index in [2.05, 4.69) is 196 Å². The third-order valence-electron chi connectivity index (χ3n) is 12.4. The monoisotopic (exact) mass is 793 g/mol. The smallest absolute Gasteiger partial charge is 0.171 e. The van der Waals surface area contributed by atoms with E-state index in [1.807, 2.05) is 30.3 Å². The second-order valence-electron chi connectivity index (χ2n) is 15.8. The first-order valence-electron chi connectivity index (χ1n) is 20.9. The van der Waals surface area contributed by atoms with E-state index in [4.69, 9.17) is 14.6 Å². The molecule has 4 heterocycles. The van der Waals surface area contributed by atoms with Crippen molar-refractivity contribution in [1.82, 2.24) is 23.9 Å². The first-order chi connectivity index (χ1) is 30.8. The Bertz CT molecular complexity index is 3870. The van der Waals surface area contributed by atoms with Crippen molar-refractivity contribution in [3.05, 3.63) is 212 Å². The zero-order valence-corrected chi connectivity index (χ0v) is 33.4. The highest BCUT2D eigenvalue weighted by atomic mass is 16.3. The Balaban J connectivity index is 1.06. The SMILES string of the molecule is c1ccc(-c2nnc(-c3cccc4c5ccccc5n(-c5ccccc5-c5cccc(-n6c7ccccc7c7ccc8oc9ccccc9c8c76)c5)c34)n2-c2ccccc2)cc1. The lowest BCUT2D eigenvalue weighted by Crippen LogP contribution is -2.03. The molecule has 13 rings (SSSR count). The van der Waals surface area contributed by atoms with Crippen LogP contribution in [0, 0.1) is 0 Å². The predicted molar refractivity (Wildman–Crippen MR) is 254 cm³/mol. The Hall–Kier alpha value is -8.48. The molecule has 0 saturated heterocycles. The first kappa shape index (κ1) is 34.4. The summed E-state index contributed by atoms with van der Waals surface area (Å²) in [6.07, 6.45) is 0. The summed E-state index contributed by atoms with van der Waals surface area (Å²) in [5, 5.41) is 16.8. The molecule has 0 saturated carbocycles. The van der Waals surface area contributed by atoms with Crippen molar-refractivity contribution in [3.8, 4) is 51.0 Å². The van der Waals surface area contributed by atoms with E-state index in [1.165, 1.54) is 16.2 Å². The standard InChI is InChI=1S/C56H35N5O/c1-3-17-36(18-4-1)55-57-58-56(60(55)38-20-5-2-6-21-38)46-28-16-27-43-41-24-9-13-31-49(41)61(53(43)46)47-29-11-7-23-40(47)37-19-15-22-39(35-37)59-48-30-12-8-25-42(48)44-33-34-51-52(54(44)59)45-26-10-14-32-50(45)62-51/h1-35H. The summed E-state index contributed by atoms with van der Waals surface area (Å²) in [4.78, 5) is 0. The molecule has 0 atom stereocenters. The van der Waals surface area contributed by atoms with Crippen LogP contribution in [0.5, 0.6) is 0 Å². The average molecular weight is 794 g/mol. The number of benzene rings is 9. The molecule has 0 aliphatic rings. The molecule has 9 aromatic carbocycles. The zero-order valence-electron chi connectivity index (χ0n) is 33.4. The Morgan fingerprint density at radius 2 is 0.919 bits per heavy atom. The van der Waals surface area contributed by atoms with Crippen molar-refractivity contribution in [1.29, 1.82) is 0 Å². The molecule has 0 aliphatic carbocycles. The van der Waals surface area contributed by atoms with Crippen LogP contribution in [-0.4, -0.2) is 23.9 Å². The van der Waals surface area contributed by atoms with Crippen molar-refractivity contribution < 1.29 is 4.42 Å². The molecule has 0 aliphatic heterocycles. The van der Waals surface area contributed by atoms with Gasteiger partial charge in [-0.05, 0) is 72.3 Å². The number of hydrogen-bond acceptors (Lipinski definition) is 3. The summed E-state index contributed by atoms with van der Waals surface area (Å²) in [7, 11) is 0. The average Bonchev–Trinajstić information content (AvgIpc) is 4.12. The lowest BCUT2D eigenvalue weighted by molar-refractivity contribution is 0.669. The lowest BCUT2D eigenvalue weighted by Gasteiger charge is -2.17. The van der Waals surface area contributed by atoms with Crippen LogP contribution < -0.4 is 0 Å². The van der Waals surface area contributed by atoms with Gasteiger partial charge in [-0.25, -0.2) is 0 Å². The van der Waals surface area contributed by atoms with Gasteiger partial charge in [0, 0.05) is 55.0 Å². The molecule has 0 amide bonds. The molecule has 6 nitrogen and oxygen atoms in total. The molecule has 6 heteroatoms. The third kappa shape index (κ3) is 5.04. The predicted octanol–water partition coefficient (Wildman–Crippen LogP) is 14.4.